The molecule has 1 saturated heterocycles. The van der Waals surface area contributed by atoms with Crippen LogP contribution >= 0.6 is 0 Å². The first-order valence-corrected chi connectivity index (χ1v) is 7.57. The highest BCUT2D eigenvalue weighted by Gasteiger charge is 2.35. The predicted molar refractivity (Wildman–Crippen MR) is 78.7 cm³/mol. The summed E-state index contributed by atoms with van der Waals surface area (Å²) in [5.74, 6) is -0.977. The summed E-state index contributed by atoms with van der Waals surface area (Å²) in [6.07, 6.45) is 5.20. The van der Waals surface area contributed by atoms with Crippen LogP contribution in [0.3, 0.4) is 0 Å². The van der Waals surface area contributed by atoms with Gasteiger partial charge in [0.2, 0.25) is 0 Å². The third-order valence-corrected chi connectivity index (χ3v) is 3.89. The molecule has 5 heteroatoms. The van der Waals surface area contributed by atoms with Crippen LogP contribution in [0.25, 0.3) is 0 Å². The number of rotatable bonds is 4. The molecule has 0 saturated carbocycles. The number of aliphatic carboxylic acids is 1. The van der Waals surface area contributed by atoms with E-state index >= 15 is 0 Å². The quantitative estimate of drug-likeness (QED) is 0.834. The molecule has 0 aliphatic carbocycles. The number of likely N-dealkylation sites (tertiary alicyclic amines) is 1. The maximum Gasteiger partial charge on any atom is 0.326 e. The van der Waals surface area contributed by atoms with Gasteiger partial charge in [-0.05, 0) is 31.1 Å². The van der Waals surface area contributed by atoms with Crippen LogP contribution in [0.1, 0.15) is 59.8 Å². The number of amides is 2. The highest BCUT2D eigenvalue weighted by atomic mass is 16.4. The minimum Gasteiger partial charge on any atom is -0.480 e. The predicted octanol–water partition coefficient (Wildman–Crippen LogP) is 2.85. The van der Waals surface area contributed by atoms with E-state index in [4.69, 9.17) is 0 Å². The standard InChI is InChI=1S/C15H28N2O3/c1-5-8-11-9-6-7-10-17(11)14(20)16-12(13(18)19)15(2,3)4/h11-12H,5-10H2,1-4H3,(H,16,20)(H,18,19)/t11?,12-/m0/s1. The molecule has 0 spiro atoms. The zero-order valence-electron chi connectivity index (χ0n) is 13.1. The lowest BCUT2D eigenvalue weighted by Gasteiger charge is -2.38. The third-order valence-electron chi connectivity index (χ3n) is 3.89. The zero-order valence-corrected chi connectivity index (χ0v) is 13.1. The number of carbonyl (C=O) groups is 2. The number of nitrogens with zero attached hydrogens (tertiary/aromatic N) is 1. The van der Waals surface area contributed by atoms with Gasteiger partial charge in [0.15, 0.2) is 0 Å². The van der Waals surface area contributed by atoms with Crippen molar-refractivity contribution in [1.82, 2.24) is 10.2 Å². The van der Waals surface area contributed by atoms with Crippen LogP contribution in [0, 0.1) is 5.41 Å². The molecule has 2 amide bonds. The number of carboxylic acids is 1. The van der Waals surface area contributed by atoms with Gasteiger partial charge in [0.25, 0.3) is 0 Å². The number of carboxylic acid groups (broad SMARTS) is 1. The number of nitrogens with one attached hydrogen (secondary N) is 1. The van der Waals surface area contributed by atoms with E-state index < -0.39 is 17.4 Å². The van der Waals surface area contributed by atoms with Crippen molar-refractivity contribution in [2.75, 3.05) is 6.54 Å². The van der Waals surface area contributed by atoms with Gasteiger partial charge in [-0.2, -0.15) is 0 Å². The van der Waals surface area contributed by atoms with Crippen molar-refractivity contribution in [3.63, 3.8) is 0 Å². The monoisotopic (exact) mass is 284 g/mol. The number of hydrogen-bond acceptors (Lipinski definition) is 2. The molecule has 0 aromatic carbocycles. The summed E-state index contributed by atoms with van der Waals surface area (Å²) in [5, 5.41) is 12.0. The Morgan fingerprint density at radius 1 is 1.35 bits per heavy atom. The number of hydrogen-bond donors (Lipinski definition) is 2. The Kier molecular flexibility index (Phi) is 5.84. The van der Waals surface area contributed by atoms with Crippen LogP contribution in [0.4, 0.5) is 4.79 Å². The summed E-state index contributed by atoms with van der Waals surface area (Å²) in [4.78, 5) is 25.6. The summed E-state index contributed by atoms with van der Waals surface area (Å²) in [6.45, 7) is 8.32. The molecule has 1 unspecified atom stereocenters. The Labute approximate surface area is 121 Å². The second-order valence-electron chi connectivity index (χ2n) is 6.72. The Hall–Kier alpha value is -1.26. The number of urea groups is 1. The first-order chi connectivity index (χ1) is 9.27. The van der Waals surface area contributed by atoms with Crippen molar-refractivity contribution in [1.29, 1.82) is 0 Å². The van der Waals surface area contributed by atoms with Gasteiger partial charge < -0.3 is 15.3 Å². The van der Waals surface area contributed by atoms with Crippen LogP contribution in [0.5, 0.6) is 0 Å². The van der Waals surface area contributed by atoms with Crippen LogP contribution in [0.15, 0.2) is 0 Å². The van der Waals surface area contributed by atoms with Crippen molar-refractivity contribution < 1.29 is 14.7 Å². The van der Waals surface area contributed by atoms with Gasteiger partial charge in [0.05, 0.1) is 0 Å². The van der Waals surface area contributed by atoms with Gasteiger partial charge in [-0.15, -0.1) is 0 Å². The molecule has 2 atom stereocenters. The highest BCUT2D eigenvalue weighted by Crippen LogP contribution is 2.23. The molecule has 5 nitrogen and oxygen atoms in total. The van der Waals surface area contributed by atoms with Crippen LogP contribution in [-0.4, -0.2) is 40.6 Å². The second-order valence-corrected chi connectivity index (χ2v) is 6.72. The van der Waals surface area contributed by atoms with Gasteiger partial charge in [-0.1, -0.05) is 34.1 Å². The summed E-state index contributed by atoms with van der Waals surface area (Å²) >= 11 is 0. The SMILES string of the molecule is CCCC1CCCCN1C(=O)N[C@@H](C(=O)O)C(C)(C)C. The fraction of sp³-hybridized carbons (Fsp3) is 0.867. The molecule has 1 rings (SSSR count). The molecular formula is C15H28N2O3. The van der Waals surface area contributed by atoms with Crippen LogP contribution in [-0.2, 0) is 4.79 Å². The van der Waals surface area contributed by atoms with Gasteiger partial charge in [-0.3, -0.25) is 0 Å². The largest absolute Gasteiger partial charge is 0.480 e. The molecule has 0 bridgehead atoms. The van der Waals surface area contributed by atoms with E-state index in [1.165, 1.54) is 0 Å². The summed E-state index contributed by atoms with van der Waals surface area (Å²) in [5.41, 5.74) is -0.502. The van der Waals surface area contributed by atoms with E-state index in [1.54, 1.807) is 0 Å². The maximum absolute atomic E-state index is 12.4. The van der Waals surface area contributed by atoms with Crippen LogP contribution in [0.2, 0.25) is 0 Å². The summed E-state index contributed by atoms with van der Waals surface area (Å²) in [7, 11) is 0. The molecule has 116 valence electrons. The highest BCUT2D eigenvalue weighted by molar-refractivity contribution is 5.83. The Morgan fingerprint density at radius 2 is 2.00 bits per heavy atom. The molecule has 0 aromatic rings. The molecule has 20 heavy (non-hydrogen) atoms. The molecule has 1 fully saturated rings. The minimum absolute atomic E-state index is 0.231. The number of carbonyl (C=O) groups excluding carboxylic acids is 1. The normalized spacial score (nSPS) is 21.4. The van der Waals surface area contributed by atoms with Crippen molar-refractivity contribution >= 4 is 12.0 Å². The fourth-order valence-corrected chi connectivity index (χ4v) is 2.76. The van der Waals surface area contributed by atoms with Crippen molar-refractivity contribution in [3.8, 4) is 0 Å². The van der Waals surface area contributed by atoms with Crippen molar-refractivity contribution in [2.45, 2.75) is 71.9 Å². The van der Waals surface area contributed by atoms with E-state index in [9.17, 15) is 14.7 Å². The molecule has 0 radical (unpaired) electrons. The Morgan fingerprint density at radius 3 is 2.50 bits per heavy atom. The first kappa shape index (κ1) is 16.8. The molecule has 2 N–H and O–H groups in total. The lowest BCUT2D eigenvalue weighted by atomic mass is 9.87. The fourth-order valence-electron chi connectivity index (χ4n) is 2.76. The smallest absolute Gasteiger partial charge is 0.326 e. The third kappa shape index (κ3) is 4.39. The van der Waals surface area contributed by atoms with Crippen molar-refractivity contribution in [2.24, 2.45) is 5.41 Å². The minimum atomic E-state index is -0.977. The summed E-state index contributed by atoms with van der Waals surface area (Å²) < 4.78 is 0. The van der Waals surface area contributed by atoms with E-state index in [0.29, 0.717) is 0 Å². The molecule has 1 aliphatic heterocycles. The van der Waals surface area contributed by atoms with Crippen LogP contribution < -0.4 is 5.32 Å². The molecular weight excluding hydrogens is 256 g/mol. The average Bonchev–Trinajstić information content (AvgIpc) is 2.35. The van der Waals surface area contributed by atoms with Gasteiger partial charge in [-0.25, -0.2) is 9.59 Å². The summed E-state index contributed by atoms with van der Waals surface area (Å²) in [6, 6.07) is -0.840. The van der Waals surface area contributed by atoms with E-state index in [-0.39, 0.29) is 12.1 Å². The van der Waals surface area contributed by atoms with Gasteiger partial charge in [0.1, 0.15) is 6.04 Å². The van der Waals surface area contributed by atoms with E-state index in [2.05, 4.69) is 12.2 Å². The Balaban J connectivity index is 2.74. The van der Waals surface area contributed by atoms with E-state index in [1.807, 2.05) is 25.7 Å². The van der Waals surface area contributed by atoms with Gasteiger partial charge in [0, 0.05) is 12.6 Å². The van der Waals surface area contributed by atoms with E-state index in [0.717, 1.165) is 38.6 Å². The first-order valence-electron chi connectivity index (χ1n) is 7.57. The lowest BCUT2D eigenvalue weighted by molar-refractivity contribution is -0.142. The topological polar surface area (TPSA) is 69.6 Å². The Bertz CT molecular complexity index is 348. The second kappa shape index (κ2) is 6.95. The molecule has 0 aromatic heterocycles. The van der Waals surface area contributed by atoms with Crippen molar-refractivity contribution in [3.05, 3.63) is 0 Å². The zero-order chi connectivity index (χ0) is 15.3. The number of piperidine rings is 1. The average molecular weight is 284 g/mol. The molecule has 1 heterocycles. The maximum atomic E-state index is 12.4. The van der Waals surface area contributed by atoms with Gasteiger partial charge >= 0.3 is 12.0 Å². The lowest BCUT2D eigenvalue weighted by Crippen LogP contribution is -2.56. The molecule has 1 aliphatic rings.